The highest BCUT2D eigenvalue weighted by Crippen LogP contribution is 2.16. The third-order valence-electron chi connectivity index (χ3n) is 9.38. The summed E-state index contributed by atoms with van der Waals surface area (Å²) in [6.07, 6.45) is 41.0. The molecule has 0 aromatic heterocycles. The number of carbonyl (C=O) groups excluding carboxylic acids is 1. The summed E-state index contributed by atoms with van der Waals surface area (Å²) in [4.78, 5) is 12.4. The Hall–Kier alpha value is -0.910. The van der Waals surface area contributed by atoms with Gasteiger partial charge in [-0.2, -0.15) is 0 Å². The molecule has 0 heterocycles. The normalized spacial score (nSPS) is 13.8. The predicted molar refractivity (Wildman–Crippen MR) is 195 cm³/mol. The number of hydrogen-bond donors (Lipinski definition) is 4. The van der Waals surface area contributed by atoms with Gasteiger partial charge in [0.05, 0.1) is 18.8 Å². The first kappa shape index (κ1) is 44.1. The molecular formula is C40H79NO4. The average molecular weight is 638 g/mol. The van der Waals surface area contributed by atoms with Crippen molar-refractivity contribution in [2.75, 3.05) is 6.61 Å². The fourth-order valence-electron chi connectivity index (χ4n) is 6.18. The molecule has 0 aliphatic carbocycles. The van der Waals surface area contributed by atoms with E-state index >= 15 is 0 Å². The second-order valence-electron chi connectivity index (χ2n) is 13.9. The second-order valence-corrected chi connectivity index (χ2v) is 13.9. The Morgan fingerprint density at radius 1 is 0.533 bits per heavy atom. The van der Waals surface area contributed by atoms with E-state index in [1.807, 2.05) is 6.08 Å². The smallest absolute Gasteiger partial charge is 0.249 e. The minimum absolute atomic E-state index is 0.360. The minimum atomic E-state index is -1.09. The van der Waals surface area contributed by atoms with Crippen LogP contribution in [0, 0.1) is 0 Å². The van der Waals surface area contributed by atoms with Crippen LogP contribution in [0.3, 0.4) is 0 Å². The highest BCUT2D eigenvalue weighted by atomic mass is 16.3. The van der Waals surface area contributed by atoms with Gasteiger partial charge in [-0.25, -0.2) is 0 Å². The van der Waals surface area contributed by atoms with Crippen molar-refractivity contribution in [2.45, 2.75) is 231 Å². The van der Waals surface area contributed by atoms with Gasteiger partial charge in [-0.3, -0.25) is 4.79 Å². The van der Waals surface area contributed by atoms with Crippen LogP contribution in [0.5, 0.6) is 0 Å². The van der Waals surface area contributed by atoms with Crippen LogP contribution in [0.25, 0.3) is 0 Å². The molecule has 0 fully saturated rings. The Morgan fingerprint density at radius 2 is 0.867 bits per heavy atom. The van der Waals surface area contributed by atoms with Gasteiger partial charge < -0.3 is 20.6 Å². The Morgan fingerprint density at radius 3 is 1.22 bits per heavy atom. The van der Waals surface area contributed by atoms with Crippen LogP contribution in [0.2, 0.25) is 0 Å². The molecule has 0 bridgehead atoms. The summed E-state index contributed by atoms with van der Waals surface area (Å²) in [6, 6.07) is -0.790. The lowest BCUT2D eigenvalue weighted by molar-refractivity contribution is -0.131. The van der Waals surface area contributed by atoms with E-state index in [2.05, 4.69) is 19.2 Å². The molecule has 268 valence electrons. The summed E-state index contributed by atoms with van der Waals surface area (Å²) in [7, 11) is 0. The number of allylic oxidation sites excluding steroid dienone is 1. The van der Waals surface area contributed by atoms with Crippen molar-refractivity contribution in [3.8, 4) is 0 Å². The van der Waals surface area contributed by atoms with Crippen LogP contribution in [-0.4, -0.2) is 46.1 Å². The van der Waals surface area contributed by atoms with E-state index in [0.717, 1.165) is 32.1 Å². The number of rotatable bonds is 36. The number of unbranched alkanes of at least 4 members (excludes halogenated alkanes) is 28. The van der Waals surface area contributed by atoms with Gasteiger partial charge in [-0.1, -0.05) is 206 Å². The standard InChI is InChI=1S/C40H79NO4/c1-3-5-7-9-11-13-14-15-16-17-18-19-20-21-22-23-24-25-27-29-31-33-35-39(44)40(45)41-37(36-42)38(43)34-32-30-28-26-12-10-8-6-4-2/h32,34,37-39,42-44H,3-31,33,35-36H2,1-2H3,(H,41,45)/b34-32+. The Bertz CT molecular complexity index is 625. The molecule has 45 heavy (non-hydrogen) atoms. The van der Waals surface area contributed by atoms with Crippen molar-refractivity contribution in [1.29, 1.82) is 0 Å². The number of aliphatic hydroxyl groups is 3. The molecule has 5 nitrogen and oxygen atoms in total. The summed E-state index contributed by atoms with van der Waals surface area (Å²) in [5.74, 6) is -0.503. The molecule has 0 aliphatic rings. The first-order valence-electron chi connectivity index (χ1n) is 20.0. The molecule has 0 aromatic carbocycles. The largest absolute Gasteiger partial charge is 0.394 e. The molecule has 0 aromatic rings. The predicted octanol–water partition coefficient (Wildman–Crippen LogP) is 10.9. The zero-order valence-corrected chi connectivity index (χ0v) is 30.3. The fraction of sp³-hybridized carbons (Fsp3) is 0.925. The molecule has 0 saturated carbocycles. The number of amides is 1. The third kappa shape index (κ3) is 31.5. The van der Waals surface area contributed by atoms with Crippen LogP contribution in [0.15, 0.2) is 12.2 Å². The van der Waals surface area contributed by atoms with E-state index in [-0.39, 0.29) is 6.61 Å². The second kappa shape index (κ2) is 35.9. The first-order valence-corrected chi connectivity index (χ1v) is 20.0. The van der Waals surface area contributed by atoms with Gasteiger partial charge in [0, 0.05) is 0 Å². The van der Waals surface area contributed by atoms with Gasteiger partial charge in [0.2, 0.25) is 5.91 Å². The van der Waals surface area contributed by atoms with Crippen molar-refractivity contribution < 1.29 is 20.1 Å². The zero-order valence-electron chi connectivity index (χ0n) is 30.3. The molecule has 0 saturated heterocycles. The molecule has 0 rings (SSSR count). The maximum atomic E-state index is 12.4. The summed E-state index contributed by atoms with van der Waals surface area (Å²) in [5, 5.41) is 32.9. The van der Waals surface area contributed by atoms with E-state index in [1.165, 1.54) is 161 Å². The van der Waals surface area contributed by atoms with Crippen molar-refractivity contribution in [2.24, 2.45) is 0 Å². The van der Waals surface area contributed by atoms with Crippen LogP contribution >= 0.6 is 0 Å². The molecule has 4 N–H and O–H groups in total. The van der Waals surface area contributed by atoms with Crippen LogP contribution < -0.4 is 5.32 Å². The number of nitrogens with one attached hydrogen (secondary N) is 1. The molecule has 1 amide bonds. The number of aliphatic hydroxyl groups excluding tert-OH is 3. The van der Waals surface area contributed by atoms with Crippen molar-refractivity contribution in [3.05, 3.63) is 12.2 Å². The van der Waals surface area contributed by atoms with Crippen molar-refractivity contribution in [1.82, 2.24) is 5.32 Å². The summed E-state index contributed by atoms with van der Waals surface area (Å²) in [6.45, 7) is 4.15. The number of carbonyl (C=O) groups is 1. The van der Waals surface area contributed by atoms with Gasteiger partial charge in [0.25, 0.3) is 0 Å². The van der Waals surface area contributed by atoms with Crippen LogP contribution in [0.1, 0.15) is 213 Å². The van der Waals surface area contributed by atoms with Crippen molar-refractivity contribution in [3.63, 3.8) is 0 Å². The lowest BCUT2D eigenvalue weighted by Crippen LogP contribution is -2.48. The first-order chi connectivity index (χ1) is 22.1. The zero-order chi connectivity index (χ0) is 33.1. The summed E-state index contributed by atoms with van der Waals surface area (Å²) >= 11 is 0. The van der Waals surface area contributed by atoms with Gasteiger partial charge in [0.1, 0.15) is 6.10 Å². The highest BCUT2D eigenvalue weighted by Gasteiger charge is 2.22. The average Bonchev–Trinajstić information content (AvgIpc) is 3.04. The van der Waals surface area contributed by atoms with E-state index in [9.17, 15) is 20.1 Å². The minimum Gasteiger partial charge on any atom is -0.394 e. The number of hydrogen-bond acceptors (Lipinski definition) is 4. The topological polar surface area (TPSA) is 89.8 Å². The molecule has 0 spiro atoms. The molecular weight excluding hydrogens is 558 g/mol. The SMILES string of the molecule is CCCCCCCCC/C=C/C(O)C(CO)NC(=O)C(O)CCCCCCCCCCCCCCCCCCCCCCCC. The maximum absolute atomic E-state index is 12.4. The molecule has 3 atom stereocenters. The quantitative estimate of drug-likeness (QED) is 0.0406. The summed E-state index contributed by atoms with van der Waals surface area (Å²) in [5.41, 5.74) is 0. The Labute approximate surface area is 280 Å². The molecule has 5 heteroatoms. The van der Waals surface area contributed by atoms with E-state index in [4.69, 9.17) is 0 Å². The van der Waals surface area contributed by atoms with Gasteiger partial charge >= 0.3 is 0 Å². The van der Waals surface area contributed by atoms with Gasteiger partial charge in [-0.15, -0.1) is 0 Å². The Balaban J connectivity index is 3.58. The fourth-order valence-corrected chi connectivity index (χ4v) is 6.18. The highest BCUT2D eigenvalue weighted by molar-refractivity contribution is 5.80. The van der Waals surface area contributed by atoms with E-state index < -0.39 is 24.2 Å². The monoisotopic (exact) mass is 638 g/mol. The molecule has 0 aliphatic heterocycles. The van der Waals surface area contributed by atoms with Gasteiger partial charge in [-0.05, 0) is 19.3 Å². The maximum Gasteiger partial charge on any atom is 0.249 e. The van der Waals surface area contributed by atoms with Crippen LogP contribution in [0.4, 0.5) is 0 Å². The van der Waals surface area contributed by atoms with E-state index in [1.54, 1.807) is 6.08 Å². The summed E-state index contributed by atoms with van der Waals surface area (Å²) < 4.78 is 0. The van der Waals surface area contributed by atoms with Crippen molar-refractivity contribution >= 4 is 5.91 Å². The molecule has 3 unspecified atom stereocenters. The Kier molecular flexibility index (Phi) is 35.2. The van der Waals surface area contributed by atoms with Crippen LogP contribution in [-0.2, 0) is 4.79 Å². The molecule has 0 radical (unpaired) electrons. The third-order valence-corrected chi connectivity index (χ3v) is 9.38. The lowest BCUT2D eigenvalue weighted by atomic mass is 10.0. The van der Waals surface area contributed by atoms with E-state index in [0.29, 0.717) is 6.42 Å². The lowest BCUT2D eigenvalue weighted by Gasteiger charge is -2.21. The van der Waals surface area contributed by atoms with Gasteiger partial charge in [0.15, 0.2) is 0 Å².